The summed E-state index contributed by atoms with van der Waals surface area (Å²) >= 11 is 0. The fraction of sp³-hybridized carbons (Fsp3) is 0.292. The van der Waals surface area contributed by atoms with E-state index in [9.17, 15) is 14.7 Å². The van der Waals surface area contributed by atoms with Crippen LogP contribution in [0.25, 0.3) is 10.9 Å². The molecule has 4 N–H and O–H groups in total. The number of H-pyrrole nitrogens is 1. The van der Waals surface area contributed by atoms with Gasteiger partial charge in [0.05, 0.1) is 26.1 Å². The zero-order chi connectivity index (χ0) is 24.1. The number of hydrogen-bond donors (Lipinski definition) is 3. The van der Waals surface area contributed by atoms with Crippen molar-refractivity contribution in [1.82, 2.24) is 9.88 Å². The SMILES string of the molecule is COC1=NOC(CN(C(=O)OCc2ccccc2)C(=O)[C@@H](N)Cc2c[nH]c3ccc(O)cc23)C1. The highest BCUT2D eigenvalue weighted by atomic mass is 16.7. The monoisotopic (exact) mass is 466 g/mol. The predicted molar refractivity (Wildman–Crippen MR) is 124 cm³/mol. The molecule has 2 amide bonds. The van der Waals surface area contributed by atoms with Gasteiger partial charge >= 0.3 is 6.09 Å². The molecule has 2 atom stereocenters. The van der Waals surface area contributed by atoms with Crippen LogP contribution in [0.3, 0.4) is 0 Å². The minimum absolute atomic E-state index is 0.00572. The third kappa shape index (κ3) is 5.29. The Hall–Kier alpha value is -4.05. The van der Waals surface area contributed by atoms with E-state index in [1.807, 2.05) is 30.3 Å². The van der Waals surface area contributed by atoms with Gasteiger partial charge < -0.3 is 30.1 Å². The number of carbonyl (C=O) groups is 2. The van der Waals surface area contributed by atoms with Gasteiger partial charge in [-0.25, -0.2) is 9.69 Å². The molecule has 1 aliphatic heterocycles. The van der Waals surface area contributed by atoms with E-state index < -0.39 is 24.1 Å². The molecule has 0 radical (unpaired) electrons. The molecule has 2 heterocycles. The Morgan fingerprint density at radius 3 is 2.82 bits per heavy atom. The molecular weight excluding hydrogens is 440 g/mol. The Kier molecular flexibility index (Phi) is 6.98. The zero-order valence-corrected chi connectivity index (χ0v) is 18.6. The van der Waals surface area contributed by atoms with Gasteiger partial charge in [0.1, 0.15) is 12.4 Å². The molecule has 10 heteroatoms. The van der Waals surface area contributed by atoms with Crippen molar-refractivity contribution >= 4 is 28.8 Å². The predicted octanol–water partition coefficient (Wildman–Crippen LogP) is 2.66. The molecule has 0 fully saturated rings. The summed E-state index contributed by atoms with van der Waals surface area (Å²) in [6, 6.07) is 13.0. The van der Waals surface area contributed by atoms with Gasteiger partial charge in [0.25, 0.3) is 0 Å². The Bertz CT molecular complexity index is 1190. The standard InChI is InChI=1S/C24H26N4O6/c1-32-22-11-18(34-27-22)13-28(24(31)33-14-15-5-3-2-4-6-15)23(30)20(25)9-16-12-26-21-8-7-17(29)10-19(16)21/h2-8,10,12,18,20,26,29H,9,11,13-14,25H2,1H3/t18?,20-/m0/s1. The average molecular weight is 466 g/mol. The third-order valence-corrected chi connectivity index (χ3v) is 5.53. The number of imide groups is 1. The van der Waals surface area contributed by atoms with E-state index in [0.717, 1.165) is 26.9 Å². The third-order valence-electron chi connectivity index (χ3n) is 5.53. The number of amides is 2. The van der Waals surface area contributed by atoms with E-state index in [-0.39, 0.29) is 25.3 Å². The topological polar surface area (TPSA) is 139 Å². The van der Waals surface area contributed by atoms with Crippen LogP contribution in [0, 0.1) is 0 Å². The maximum atomic E-state index is 13.3. The molecule has 0 saturated heterocycles. The fourth-order valence-corrected chi connectivity index (χ4v) is 3.74. The van der Waals surface area contributed by atoms with Crippen molar-refractivity contribution in [3.63, 3.8) is 0 Å². The Balaban J connectivity index is 1.48. The minimum atomic E-state index is -1.03. The van der Waals surface area contributed by atoms with Gasteiger partial charge in [0, 0.05) is 17.1 Å². The van der Waals surface area contributed by atoms with Crippen molar-refractivity contribution in [1.29, 1.82) is 0 Å². The molecule has 4 rings (SSSR count). The van der Waals surface area contributed by atoms with Crippen LogP contribution in [-0.4, -0.2) is 58.7 Å². The summed E-state index contributed by atoms with van der Waals surface area (Å²) < 4.78 is 10.5. The molecule has 0 aliphatic carbocycles. The Labute approximate surface area is 195 Å². The fourth-order valence-electron chi connectivity index (χ4n) is 3.74. The second kappa shape index (κ2) is 10.3. The summed E-state index contributed by atoms with van der Waals surface area (Å²) in [5.41, 5.74) is 8.57. The summed E-state index contributed by atoms with van der Waals surface area (Å²) in [7, 11) is 1.47. The molecule has 2 aromatic carbocycles. The van der Waals surface area contributed by atoms with Crippen molar-refractivity contribution in [3.05, 3.63) is 65.9 Å². The van der Waals surface area contributed by atoms with E-state index in [1.54, 1.807) is 24.4 Å². The van der Waals surface area contributed by atoms with E-state index in [2.05, 4.69) is 10.1 Å². The number of nitrogens with zero attached hydrogens (tertiary/aromatic N) is 2. The maximum Gasteiger partial charge on any atom is 0.417 e. The van der Waals surface area contributed by atoms with Crippen LogP contribution in [0.5, 0.6) is 5.75 Å². The van der Waals surface area contributed by atoms with Gasteiger partial charge in [0.2, 0.25) is 11.8 Å². The first-order chi connectivity index (χ1) is 16.4. The second-order valence-electron chi connectivity index (χ2n) is 7.96. The van der Waals surface area contributed by atoms with Gasteiger partial charge in [-0.05, 0) is 35.7 Å². The average Bonchev–Trinajstić information content (AvgIpc) is 3.47. The lowest BCUT2D eigenvalue weighted by Gasteiger charge is -2.25. The van der Waals surface area contributed by atoms with Gasteiger partial charge in [-0.2, -0.15) is 0 Å². The first-order valence-corrected chi connectivity index (χ1v) is 10.8. The van der Waals surface area contributed by atoms with Crippen molar-refractivity contribution in [2.75, 3.05) is 13.7 Å². The number of nitrogens with one attached hydrogen (secondary N) is 1. The largest absolute Gasteiger partial charge is 0.508 e. The molecule has 0 bridgehead atoms. The summed E-state index contributed by atoms with van der Waals surface area (Å²) in [5.74, 6) is -0.133. The van der Waals surface area contributed by atoms with Crippen LogP contribution < -0.4 is 5.73 Å². The van der Waals surface area contributed by atoms with Crippen LogP contribution in [-0.2, 0) is 32.1 Å². The molecule has 0 saturated carbocycles. The summed E-state index contributed by atoms with van der Waals surface area (Å²) in [6.07, 6.45) is 0.795. The molecule has 0 spiro atoms. The highest BCUT2D eigenvalue weighted by Crippen LogP contribution is 2.24. The molecule has 1 aromatic heterocycles. The minimum Gasteiger partial charge on any atom is -0.508 e. The van der Waals surface area contributed by atoms with Crippen LogP contribution in [0.15, 0.2) is 59.9 Å². The van der Waals surface area contributed by atoms with Crippen molar-refractivity contribution in [2.24, 2.45) is 10.9 Å². The van der Waals surface area contributed by atoms with Crippen molar-refractivity contribution < 1.29 is 29.0 Å². The van der Waals surface area contributed by atoms with E-state index in [4.69, 9.17) is 20.0 Å². The van der Waals surface area contributed by atoms with Crippen molar-refractivity contribution in [2.45, 2.75) is 31.6 Å². The van der Waals surface area contributed by atoms with Crippen LogP contribution in [0.4, 0.5) is 4.79 Å². The van der Waals surface area contributed by atoms with Crippen LogP contribution in [0.1, 0.15) is 17.5 Å². The smallest absolute Gasteiger partial charge is 0.417 e. The number of fused-ring (bicyclic) bond motifs is 1. The number of aromatic nitrogens is 1. The van der Waals surface area contributed by atoms with Crippen LogP contribution >= 0.6 is 0 Å². The Morgan fingerprint density at radius 1 is 1.29 bits per heavy atom. The maximum absolute atomic E-state index is 13.3. The number of phenolic OH excluding ortho intramolecular Hbond substituents is 1. The zero-order valence-electron chi connectivity index (χ0n) is 18.6. The number of carbonyl (C=O) groups excluding carboxylic acids is 2. The quantitative estimate of drug-likeness (QED) is 0.486. The molecule has 1 aliphatic rings. The lowest BCUT2D eigenvalue weighted by molar-refractivity contribution is -0.132. The molecule has 34 heavy (non-hydrogen) atoms. The van der Waals surface area contributed by atoms with E-state index in [1.165, 1.54) is 7.11 Å². The van der Waals surface area contributed by atoms with Crippen molar-refractivity contribution in [3.8, 4) is 5.75 Å². The number of aromatic hydroxyl groups is 1. The van der Waals surface area contributed by atoms with Gasteiger partial charge in [0.15, 0.2) is 6.10 Å². The van der Waals surface area contributed by atoms with Crippen LogP contribution in [0.2, 0.25) is 0 Å². The number of methoxy groups -OCH3 is 1. The molecular formula is C24H26N4O6. The van der Waals surface area contributed by atoms with Gasteiger partial charge in [-0.15, -0.1) is 0 Å². The number of phenols is 1. The normalized spacial score (nSPS) is 15.9. The number of hydrogen-bond acceptors (Lipinski definition) is 8. The first-order valence-electron chi connectivity index (χ1n) is 10.8. The number of oxime groups is 1. The molecule has 10 nitrogen and oxygen atoms in total. The lowest BCUT2D eigenvalue weighted by atomic mass is 10.0. The Morgan fingerprint density at radius 2 is 2.09 bits per heavy atom. The highest BCUT2D eigenvalue weighted by Gasteiger charge is 2.34. The molecule has 3 aromatic rings. The number of ether oxygens (including phenoxy) is 2. The molecule has 1 unspecified atom stereocenters. The summed E-state index contributed by atoms with van der Waals surface area (Å²) in [6.45, 7) is -0.0864. The van der Waals surface area contributed by atoms with E-state index in [0.29, 0.717) is 12.3 Å². The number of aromatic amines is 1. The molecule has 178 valence electrons. The number of rotatable bonds is 7. The second-order valence-corrected chi connectivity index (χ2v) is 7.96. The van der Waals surface area contributed by atoms with E-state index >= 15 is 0 Å². The first kappa shape index (κ1) is 23.1. The number of nitrogens with two attached hydrogens (primary N) is 1. The lowest BCUT2D eigenvalue weighted by Crippen LogP contribution is -2.50. The van der Waals surface area contributed by atoms with Gasteiger partial charge in [-0.1, -0.05) is 35.5 Å². The van der Waals surface area contributed by atoms with Gasteiger partial charge in [-0.3, -0.25) is 4.79 Å². The summed E-state index contributed by atoms with van der Waals surface area (Å²) in [4.78, 5) is 35.5. The highest BCUT2D eigenvalue weighted by molar-refractivity contribution is 5.96. The number of benzene rings is 2. The summed E-state index contributed by atoms with van der Waals surface area (Å²) in [5, 5.41) is 14.4.